The molecule has 0 rings (SSSR count). The van der Waals surface area contributed by atoms with E-state index in [1.165, 1.54) is 7.11 Å². The van der Waals surface area contributed by atoms with Gasteiger partial charge in [0.25, 0.3) is 0 Å². The minimum absolute atomic E-state index is 0.0812. The molecule has 0 aromatic rings. The first-order valence-electron chi connectivity index (χ1n) is 4.73. The van der Waals surface area contributed by atoms with E-state index in [9.17, 15) is 9.59 Å². The molecule has 0 aliphatic carbocycles. The number of methoxy groups -OCH3 is 1. The number of nitrogens with one attached hydrogen (secondary N) is 1. The van der Waals surface area contributed by atoms with Crippen molar-refractivity contribution in [3.05, 3.63) is 12.7 Å². The summed E-state index contributed by atoms with van der Waals surface area (Å²) in [6, 6.07) is 0. The molecule has 15 heavy (non-hydrogen) atoms. The first-order chi connectivity index (χ1) is 7.10. The molecule has 0 aliphatic rings. The zero-order chi connectivity index (χ0) is 11.7. The van der Waals surface area contributed by atoms with Gasteiger partial charge in [-0.2, -0.15) is 0 Å². The number of likely N-dealkylation sites (N-methyl/N-ethyl adjacent to an activating group) is 1. The van der Waals surface area contributed by atoms with E-state index < -0.39 is 0 Å². The second kappa shape index (κ2) is 7.99. The van der Waals surface area contributed by atoms with Gasteiger partial charge in [0.2, 0.25) is 5.91 Å². The van der Waals surface area contributed by atoms with Crippen molar-refractivity contribution in [3.63, 3.8) is 0 Å². The molecule has 0 atom stereocenters. The molecule has 0 saturated carbocycles. The van der Waals surface area contributed by atoms with Gasteiger partial charge in [-0.05, 0) is 7.05 Å². The van der Waals surface area contributed by atoms with Crippen LogP contribution in [0.3, 0.4) is 0 Å². The quantitative estimate of drug-likeness (QED) is 0.470. The maximum absolute atomic E-state index is 11.2. The summed E-state index contributed by atoms with van der Waals surface area (Å²) >= 11 is 0. The van der Waals surface area contributed by atoms with Gasteiger partial charge in [0.1, 0.15) is 0 Å². The molecular weight excluding hydrogens is 196 g/mol. The molecule has 86 valence electrons. The second-order valence-corrected chi connectivity index (χ2v) is 3.16. The summed E-state index contributed by atoms with van der Waals surface area (Å²) in [6.07, 6.45) is 1.91. The lowest BCUT2D eigenvalue weighted by atomic mass is 10.4. The highest BCUT2D eigenvalue weighted by Gasteiger charge is 2.07. The summed E-state index contributed by atoms with van der Waals surface area (Å²) in [5.74, 6) is -0.351. The van der Waals surface area contributed by atoms with Crippen LogP contribution in [-0.4, -0.2) is 50.6 Å². The number of ether oxygens (including phenoxy) is 1. The van der Waals surface area contributed by atoms with Crippen LogP contribution in [0.2, 0.25) is 0 Å². The van der Waals surface area contributed by atoms with Crippen LogP contribution in [0.15, 0.2) is 12.7 Å². The highest BCUT2D eigenvalue weighted by atomic mass is 16.5. The summed E-state index contributed by atoms with van der Waals surface area (Å²) in [6.45, 7) is 4.73. The topological polar surface area (TPSA) is 58.6 Å². The molecular formula is C10H18N2O3. The van der Waals surface area contributed by atoms with Gasteiger partial charge in [-0.25, -0.2) is 0 Å². The van der Waals surface area contributed by atoms with Crippen LogP contribution in [0.25, 0.3) is 0 Å². The van der Waals surface area contributed by atoms with Crippen LogP contribution in [0.1, 0.15) is 6.42 Å². The number of carbonyl (C=O) groups is 2. The van der Waals surface area contributed by atoms with Crippen molar-refractivity contribution in [1.82, 2.24) is 10.2 Å². The van der Waals surface area contributed by atoms with Crippen molar-refractivity contribution in [1.29, 1.82) is 0 Å². The average Bonchev–Trinajstić information content (AvgIpc) is 2.22. The Balaban J connectivity index is 3.63. The second-order valence-electron chi connectivity index (χ2n) is 3.16. The zero-order valence-electron chi connectivity index (χ0n) is 9.28. The third-order valence-electron chi connectivity index (χ3n) is 1.78. The molecule has 1 N–H and O–H groups in total. The van der Waals surface area contributed by atoms with E-state index in [0.717, 1.165) is 0 Å². The molecule has 0 spiro atoms. The Morgan fingerprint density at radius 3 is 2.73 bits per heavy atom. The summed E-state index contributed by atoms with van der Waals surface area (Å²) < 4.78 is 4.49. The number of esters is 1. The number of carbonyl (C=O) groups excluding carboxylic acids is 2. The van der Waals surface area contributed by atoms with Crippen molar-refractivity contribution in [2.24, 2.45) is 0 Å². The normalized spacial score (nSPS) is 9.80. The maximum atomic E-state index is 11.2. The predicted molar refractivity (Wildman–Crippen MR) is 57.3 cm³/mol. The van der Waals surface area contributed by atoms with Crippen molar-refractivity contribution in [2.75, 3.05) is 33.8 Å². The number of hydrogen-bond acceptors (Lipinski definition) is 4. The van der Waals surface area contributed by atoms with Gasteiger partial charge in [-0.15, -0.1) is 6.58 Å². The largest absolute Gasteiger partial charge is 0.469 e. The smallest absolute Gasteiger partial charge is 0.306 e. The van der Waals surface area contributed by atoms with Gasteiger partial charge in [0, 0.05) is 13.1 Å². The number of amides is 1. The van der Waals surface area contributed by atoms with Crippen LogP contribution in [0.5, 0.6) is 0 Å². The fraction of sp³-hybridized carbons (Fsp3) is 0.600. The van der Waals surface area contributed by atoms with Gasteiger partial charge in [-0.1, -0.05) is 6.08 Å². The van der Waals surface area contributed by atoms with Crippen LogP contribution in [-0.2, 0) is 14.3 Å². The van der Waals surface area contributed by atoms with Crippen LogP contribution in [0, 0.1) is 0 Å². The van der Waals surface area contributed by atoms with Gasteiger partial charge >= 0.3 is 5.97 Å². The predicted octanol–water partition coefficient (Wildman–Crippen LogP) is -0.216. The molecule has 5 heteroatoms. The monoisotopic (exact) mass is 214 g/mol. The Hall–Kier alpha value is -1.36. The van der Waals surface area contributed by atoms with E-state index in [4.69, 9.17) is 0 Å². The molecule has 5 nitrogen and oxygen atoms in total. The van der Waals surface area contributed by atoms with Crippen LogP contribution < -0.4 is 5.32 Å². The highest BCUT2D eigenvalue weighted by molar-refractivity contribution is 5.78. The van der Waals surface area contributed by atoms with Crippen molar-refractivity contribution in [2.45, 2.75) is 6.42 Å². The lowest BCUT2D eigenvalue weighted by Crippen LogP contribution is -2.36. The van der Waals surface area contributed by atoms with Crippen LogP contribution >= 0.6 is 0 Å². The molecule has 0 aromatic heterocycles. The molecule has 0 bridgehead atoms. The molecule has 0 aliphatic heterocycles. The molecule has 0 aromatic carbocycles. The van der Waals surface area contributed by atoms with E-state index in [-0.39, 0.29) is 18.4 Å². The lowest BCUT2D eigenvalue weighted by Gasteiger charge is -2.14. The summed E-state index contributed by atoms with van der Waals surface area (Å²) in [5, 5.41) is 2.65. The zero-order valence-corrected chi connectivity index (χ0v) is 9.28. The van der Waals surface area contributed by atoms with E-state index in [2.05, 4.69) is 16.6 Å². The van der Waals surface area contributed by atoms with Gasteiger partial charge < -0.3 is 10.1 Å². The maximum Gasteiger partial charge on any atom is 0.306 e. The molecule has 0 unspecified atom stereocenters. The Morgan fingerprint density at radius 1 is 1.53 bits per heavy atom. The highest BCUT2D eigenvalue weighted by Crippen LogP contribution is 1.89. The molecule has 0 radical (unpaired) electrons. The van der Waals surface area contributed by atoms with Crippen LogP contribution in [0.4, 0.5) is 0 Å². The number of rotatable bonds is 7. The first kappa shape index (κ1) is 13.6. The Labute approximate surface area is 90.1 Å². The molecule has 0 saturated heterocycles. The van der Waals surface area contributed by atoms with E-state index >= 15 is 0 Å². The molecule has 1 amide bonds. The van der Waals surface area contributed by atoms with Crippen molar-refractivity contribution in [3.8, 4) is 0 Å². The van der Waals surface area contributed by atoms with Crippen molar-refractivity contribution < 1.29 is 14.3 Å². The Morgan fingerprint density at radius 2 is 2.20 bits per heavy atom. The van der Waals surface area contributed by atoms with Gasteiger partial charge in [-0.3, -0.25) is 14.5 Å². The SMILES string of the molecule is C=CCNC(=O)CN(C)CCC(=O)OC. The fourth-order valence-electron chi connectivity index (χ4n) is 0.950. The van der Waals surface area contributed by atoms with E-state index in [0.29, 0.717) is 19.5 Å². The molecule has 0 fully saturated rings. The average molecular weight is 214 g/mol. The first-order valence-corrected chi connectivity index (χ1v) is 4.73. The third kappa shape index (κ3) is 7.69. The minimum Gasteiger partial charge on any atom is -0.469 e. The fourth-order valence-corrected chi connectivity index (χ4v) is 0.950. The summed E-state index contributed by atoms with van der Waals surface area (Å²) in [4.78, 5) is 23.8. The summed E-state index contributed by atoms with van der Waals surface area (Å²) in [5.41, 5.74) is 0. The summed E-state index contributed by atoms with van der Waals surface area (Å²) in [7, 11) is 3.12. The number of hydrogen-bond donors (Lipinski definition) is 1. The number of nitrogens with zero attached hydrogens (tertiary/aromatic N) is 1. The van der Waals surface area contributed by atoms with Crippen molar-refractivity contribution >= 4 is 11.9 Å². The Bertz CT molecular complexity index is 229. The van der Waals surface area contributed by atoms with Gasteiger partial charge in [0.15, 0.2) is 0 Å². The van der Waals surface area contributed by atoms with E-state index in [1.807, 2.05) is 0 Å². The van der Waals surface area contributed by atoms with Gasteiger partial charge in [0.05, 0.1) is 20.1 Å². The lowest BCUT2D eigenvalue weighted by molar-refractivity contribution is -0.141. The Kier molecular flexibility index (Phi) is 7.27. The van der Waals surface area contributed by atoms with E-state index in [1.54, 1.807) is 18.0 Å². The standard InChI is InChI=1S/C10H18N2O3/c1-4-6-11-9(13)8-12(2)7-5-10(14)15-3/h4H,1,5-8H2,2-3H3,(H,11,13). The minimum atomic E-state index is -0.270. The third-order valence-corrected chi connectivity index (χ3v) is 1.78. The molecule has 0 heterocycles.